The van der Waals surface area contributed by atoms with Crippen molar-refractivity contribution >= 4 is 17.8 Å². The summed E-state index contributed by atoms with van der Waals surface area (Å²) in [6, 6.07) is -1.06. The van der Waals surface area contributed by atoms with E-state index in [1.165, 1.54) is 7.11 Å². The maximum absolute atomic E-state index is 12.2. The minimum atomic E-state index is -1.14. The van der Waals surface area contributed by atoms with Crippen molar-refractivity contribution in [3.63, 3.8) is 0 Å². The van der Waals surface area contributed by atoms with Gasteiger partial charge in [0.25, 0.3) is 0 Å². The van der Waals surface area contributed by atoms with Crippen LogP contribution in [0.5, 0.6) is 0 Å². The summed E-state index contributed by atoms with van der Waals surface area (Å²) in [6.07, 6.45) is 1.33. The molecule has 1 aliphatic rings. The number of esters is 1. The molecular weight excluding hydrogens is 264 g/mol. The summed E-state index contributed by atoms with van der Waals surface area (Å²) in [6.45, 7) is 3.32. The molecule has 0 aromatic carbocycles. The van der Waals surface area contributed by atoms with E-state index in [1.807, 2.05) is 6.92 Å². The van der Waals surface area contributed by atoms with E-state index < -0.39 is 23.4 Å². The van der Waals surface area contributed by atoms with Crippen LogP contribution in [0.3, 0.4) is 0 Å². The van der Waals surface area contributed by atoms with Crippen molar-refractivity contribution in [3.8, 4) is 0 Å². The molecule has 0 bridgehead atoms. The number of methoxy groups -OCH3 is 1. The van der Waals surface area contributed by atoms with E-state index >= 15 is 0 Å². The van der Waals surface area contributed by atoms with Gasteiger partial charge in [-0.3, -0.25) is 9.59 Å². The first-order valence-electron chi connectivity index (χ1n) is 6.70. The minimum Gasteiger partial charge on any atom is -0.480 e. The number of hydrogen-bond acceptors (Lipinski definition) is 5. The van der Waals surface area contributed by atoms with Crippen LogP contribution in [0.15, 0.2) is 0 Å². The Morgan fingerprint density at radius 3 is 2.45 bits per heavy atom. The van der Waals surface area contributed by atoms with Crippen LogP contribution in [-0.2, 0) is 19.1 Å². The van der Waals surface area contributed by atoms with E-state index in [-0.39, 0.29) is 18.7 Å². The molecule has 1 rings (SSSR count). The second-order valence-corrected chi connectivity index (χ2v) is 5.29. The highest BCUT2D eigenvalue weighted by Gasteiger charge is 2.36. The highest BCUT2D eigenvalue weighted by molar-refractivity contribution is 5.87. The quantitative estimate of drug-likeness (QED) is 0.589. The number of piperidine rings is 1. The van der Waals surface area contributed by atoms with E-state index in [2.05, 4.69) is 15.4 Å². The molecule has 0 aromatic heterocycles. The monoisotopic (exact) mass is 286 g/mol. The van der Waals surface area contributed by atoms with Gasteiger partial charge in [0.1, 0.15) is 6.04 Å². The largest absolute Gasteiger partial charge is 0.480 e. The van der Waals surface area contributed by atoms with E-state index in [9.17, 15) is 14.4 Å². The highest BCUT2D eigenvalue weighted by Crippen LogP contribution is 2.28. The first kappa shape index (κ1) is 16.4. The number of carboxylic acids is 1. The predicted molar refractivity (Wildman–Crippen MR) is 71.0 cm³/mol. The van der Waals surface area contributed by atoms with Crippen LogP contribution in [0.4, 0.5) is 0 Å². The number of rotatable bonds is 6. The number of carbonyl (C=O) groups excluding carboxylic acids is 2. The van der Waals surface area contributed by atoms with E-state index in [4.69, 9.17) is 5.11 Å². The molecular formula is C13H22N2O5. The third kappa shape index (κ3) is 4.48. The molecule has 0 unspecified atom stereocenters. The van der Waals surface area contributed by atoms with Crippen molar-refractivity contribution < 1.29 is 24.2 Å². The molecule has 1 aliphatic heterocycles. The first-order valence-corrected chi connectivity index (χ1v) is 6.70. The molecule has 0 aliphatic carbocycles. The number of carboxylic acid groups (broad SMARTS) is 1. The zero-order chi connectivity index (χ0) is 15.2. The Kier molecular flexibility index (Phi) is 5.94. The van der Waals surface area contributed by atoms with Crippen LogP contribution >= 0.6 is 0 Å². The van der Waals surface area contributed by atoms with Crippen LogP contribution in [0.1, 0.15) is 32.6 Å². The maximum atomic E-state index is 12.2. The summed E-state index contributed by atoms with van der Waals surface area (Å²) in [5, 5.41) is 14.8. The van der Waals surface area contributed by atoms with Crippen LogP contribution in [0, 0.1) is 5.41 Å². The molecule has 0 aromatic rings. The first-order chi connectivity index (χ1) is 9.39. The molecule has 1 saturated heterocycles. The van der Waals surface area contributed by atoms with Crippen molar-refractivity contribution in [2.45, 2.75) is 38.6 Å². The lowest BCUT2D eigenvalue weighted by atomic mass is 9.80. The lowest BCUT2D eigenvalue weighted by Gasteiger charge is -2.33. The minimum absolute atomic E-state index is 0.0298. The lowest BCUT2D eigenvalue weighted by molar-refractivity contribution is -0.145. The Morgan fingerprint density at radius 1 is 1.35 bits per heavy atom. The molecule has 3 N–H and O–H groups in total. The Morgan fingerprint density at radius 2 is 1.95 bits per heavy atom. The smallest absolute Gasteiger partial charge is 0.326 e. The predicted octanol–water partition coefficient (Wildman–Crippen LogP) is -0.101. The Hall–Kier alpha value is -1.63. The fourth-order valence-electron chi connectivity index (χ4n) is 2.16. The summed E-state index contributed by atoms with van der Waals surface area (Å²) in [5.41, 5.74) is -0.551. The molecule has 0 radical (unpaired) electrons. The standard InChI is InChI=1S/C13H22N2O5/c1-13(5-7-14-8-6-13)12(19)15-9(11(17)18)3-4-10(16)20-2/h9,14H,3-8H2,1-2H3,(H,15,19)(H,17,18)/t9-/m1/s1. The third-order valence-electron chi connectivity index (χ3n) is 3.72. The van der Waals surface area contributed by atoms with Crippen molar-refractivity contribution in [3.05, 3.63) is 0 Å². The van der Waals surface area contributed by atoms with Crippen molar-refractivity contribution in [2.24, 2.45) is 5.41 Å². The van der Waals surface area contributed by atoms with E-state index in [1.54, 1.807) is 0 Å². The van der Waals surface area contributed by atoms with Gasteiger partial charge in [0.15, 0.2) is 0 Å². The van der Waals surface area contributed by atoms with Gasteiger partial charge in [-0.05, 0) is 32.4 Å². The van der Waals surface area contributed by atoms with Crippen LogP contribution in [-0.4, -0.2) is 49.2 Å². The fourth-order valence-corrected chi connectivity index (χ4v) is 2.16. The molecule has 1 amide bonds. The Bertz CT molecular complexity index is 377. The van der Waals surface area contributed by atoms with Gasteiger partial charge in [0.05, 0.1) is 7.11 Å². The summed E-state index contributed by atoms with van der Waals surface area (Å²) < 4.78 is 4.47. The number of ether oxygens (including phenoxy) is 1. The number of aliphatic carboxylic acids is 1. The summed E-state index contributed by atoms with van der Waals surface area (Å²) in [5.74, 6) is -1.89. The zero-order valence-corrected chi connectivity index (χ0v) is 11.9. The summed E-state index contributed by atoms with van der Waals surface area (Å²) >= 11 is 0. The summed E-state index contributed by atoms with van der Waals surface area (Å²) in [7, 11) is 1.24. The van der Waals surface area contributed by atoms with Gasteiger partial charge in [-0.2, -0.15) is 0 Å². The van der Waals surface area contributed by atoms with Crippen LogP contribution < -0.4 is 10.6 Å². The summed E-state index contributed by atoms with van der Waals surface area (Å²) in [4.78, 5) is 34.4. The molecule has 1 fully saturated rings. The second kappa shape index (κ2) is 7.23. The zero-order valence-electron chi connectivity index (χ0n) is 11.9. The second-order valence-electron chi connectivity index (χ2n) is 5.29. The van der Waals surface area contributed by atoms with Crippen LogP contribution in [0.2, 0.25) is 0 Å². The van der Waals surface area contributed by atoms with Gasteiger partial charge in [-0.1, -0.05) is 6.92 Å². The SMILES string of the molecule is COC(=O)CC[C@@H](NC(=O)C1(C)CCNCC1)C(=O)O. The normalized spacial score (nSPS) is 18.9. The van der Waals surface area contributed by atoms with Gasteiger partial charge >= 0.3 is 11.9 Å². The highest BCUT2D eigenvalue weighted by atomic mass is 16.5. The third-order valence-corrected chi connectivity index (χ3v) is 3.72. The average molecular weight is 286 g/mol. The number of amides is 1. The van der Waals surface area contributed by atoms with Crippen molar-refractivity contribution in [1.29, 1.82) is 0 Å². The van der Waals surface area contributed by atoms with Gasteiger partial charge in [0, 0.05) is 11.8 Å². The number of carbonyl (C=O) groups is 3. The molecule has 1 atom stereocenters. The topological polar surface area (TPSA) is 105 Å². The molecule has 114 valence electrons. The van der Waals surface area contributed by atoms with Gasteiger partial charge in [0.2, 0.25) is 5.91 Å². The van der Waals surface area contributed by atoms with Gasteiger partial charge in [-0.25, -0.2) is 4.79 Å². The van der Waals surface area contributed by atoms with E-state index in [0.29, 0.717) is 12.8 Å². The van der Waals surface area contributed by atoms with Crippen LogP contribution in [0.25, 0.3) is 0 Å². The fraction of sp³-hybridized carbons (Fsp3) is 0.769. The molecule has 7 nitrogen and oxygen atoms in total. The average Bonchev–Trinajstić information content (AvgIpc) is 2.43. The van der Waals surface area contributed by atoms with E-state index in [0.717, 1.165) is 13.1 Å². The lowest BCUT2D eigenvalue weighted by Crippen LogP contribution is -2.51. The molecule has 20 heavy (non-hydrogen) atoms. The van der Waals surface area contributed by atoms with Crippen molar-refractivity contribution in [2.75, 3.05) is 20.2 Å². The molecule has 1 heterocycles. The van der Waals surface area contributed by atoms with Crippen molar-refractivity contribution in [1.82, 2.24) is 10.6 Å². The number of hydrogen-bond donors (Lipinski definition) is 3. The Labute approximate surface area is 118 Å². The maximum Gasteiger partial charge on any atom is 0.326 e. The molecule has 0 saturated carbocycles. The molecule has 7 heteroatoms. The number of nitrogens with one attached hydrogen (secondary N) is 2. The Balaban J connectivity index is 2.58. The van der Waals surface area contributed by atoms with Gasteiger partial charge < -0.3 is 20.5 Å². The molecule has 0 spiro atoms. The van der Waals surface area contributed by atoms with Gasteiger partial charge in [-0.15, -0.1) is 0 Å².